The van der Waals surface area contributed by atoms with E-state index >= 15 is 0 Å². The molecule has 0 radical (unpaired) electrons. The van der Waals surface area contributed by atoms with E-state index in [9.17, 15) is 14.7 Å². The zero-order valence-corrected chi connectivity index (χ0v) is 14.9. The second-order valence-corrected chi connectivity index (χ2v) is 8.96. The Morgan fingerprint density at radius 2 is 1.70 bits per heavy atom. The molecule has 2 heterocycles. The van der Waals surface area contributed by atoms with Crippen LogP contribution in [0.3, 0.4) is 0 Å². The monoisotopic (exact) mass is 340 g/mol. The van der Waals surface area contributed by atoms with Gasteiger partial charge in [-0.1, -0.05) is 19.3 Å². The molecule has 3 fully saturated rings. The Bertz CT molecular complexity index is 473. The highest BCUT2D eigenvalue weighted by atomic mass is 32.2. The third-order valence-electron chi connectivity index (χ3n) is 5.61. The Kier molecular flexibility index (Phi) is 4.93. The summed E-state index contributed by atoms with van der Waals surface area (Å²) in [5, 5.41) is 10.9. The molecule has 1 aliphatic carbocycles. The van der Waals surface area contributed by atoms with E-state index in [2.05, 4.69) is 0 Å². The SMILES string of the molecule is CC(=O)N1CCC[C@](O)(C(=O)N2CCSC3(CCCCC3)C2)C1. The van der Waals surface area contributed by atoms with Crippen LogP contribution >= 0.6 is 11.8 Å². The van der Waals surface area contributed by atoms with Crippen molar-refractivity contribution in [1.82, 2.24) is 9.80 Å². The molecule has 6 heteroatoms. The van der Waals surface area contributed by atoms with E-state index < -0.39 is 5.60 Å². The molecule has 3 aliphatic rings. The minimum absolute atomic E-state index is 0.0612. The average Bonchev–Trinajstić information content (AvgIpc) is 2.55. The first-order valence-corrected chi connectivity index (χ1v) is 9.84. The molecular formula is C17H28N2O3S. The molecule has 5 nitrogen and oxygen atoms in total. The number of carbonyl (C=O) groups excluding carboxylic acids is 2. The van der Waals surface area contributed by atoms with Crippen LogP contribution in [0.1, 0.15) is 51.9 Å². The van der Waals surface area contributed by atoms with Gasteiger partial charge in [-0.05, 0) is 25.7 Å². The molecule has 23 heavy (non-hydrogen) atoms. The van der Waals surface area contributed by atoms with Crippen molar-refractivity contribution in [1.29, 1.82) is 0 Å². The van der Waals surface area contributed by atoms with Gasteiger partial charge in [0.15, 0.2) is 5.60 Å². The van der Waals surface area contributed by atoms with Crippen LogP contribution < -0.4 is 0 Å². The first-order chi connectivity index (χ1) is 10.9. The van der Waals surface area contributed by atoms with Gasteiger partial charge in [-0.2, -0.15) is 11.8 Å². The molecule has 3 rings (SSSR count). The highest BCUT2D eigenvalue weighted by Crippen LogP contribution is 2.43. The summed E-state index contributed by atoms with van der Waals surface area (Å²) in [5.74, 6) is 0.737. The maximum absolute atomic E-state index is 13.0. The maximum Gasteiger partial charge on any atom is 0.256 e. The lowest BCUT2D eigenvalue weighted by Gasteiger charge is -2.47. The maximum atomic E-state index is 13.0. The smallest absolute Gasteiger partial charge is 0.256 e. The predicted molar refractivity (Wildman–Crippen MR) is 91.3 cm³/mol. The number of nitrogens with zero attached hydrogens (tertiary/aromatic N) is 2. The summed E-state index contributed by atoms with van der Waals surface area (Å²) in [6.07, 6.45) is 7.31. The van der Waals surface area contributed by atoms with Gasteiger partial charge in [0.25, 0.3) is 5.91 Å². The minimum Gasteiger partial charge on any atom is -0.378 e. The second kappa shape index (κ2) is 6.63. The number of rotatable bonds is 1. The number of amides is 2. The molecule has 130 valence electrons. The molecule has 0 bridgehead atoms. The number of carbonyl (C=O) groups is 2. The van der Waals surface area contributed by atoms with E-state index in [1.807, 2.05) is 16.7 Å². The number of hydrogen-bond donors (Lipinski definition) is 1. The van der Waals surface area contributed by atoms with Crippen molar-refractivity contribution in [3.63, 3.8) is 0 Å². The van der Waals surface area contributed by atoms with Crippen molar-refractivity contribution in [3.05, 3.63) is 0 Å². The van der Waals surface area contributed by atoms with Crippen molar-refractivity contribution >= 4 is 23.6 Å². The number of piperidine rings is 1. The zero-order valence-electron chi connectivity index (χ0n) is 14.1. The van der Waals surface area contributed by atoms with E-state index in [0.717, 1.165) is 12.3 Å². The van der Waals surface area contributed by atoms with Crippen molar-refractivity contribution in [2.24, 2.45) is 0 Å². The molecule has 1 N–H and O–H groups in total. The highest BCUT2D eigenvalue weighted by Gasteiger charge is 2.47. The van der Waals surface area contributed by atoms with Gasteiger partial charge in [-0.15, -0.1) is 0 Å². The minimum atomic E-state index is -1.39. The fourth-order valence-corrected chi connectivity index (χ4v) is 5.86. The summed E-state index contributed by atoms with van der Waals surface area (Å²) in [7, 11) is 0. The molecular weight excluding hydrogens is 312 g/mol. The summed E-state index contributed by atoms with van der Waals surface area (Å²) < 4.78 is 0.206. The zero-order chi connectivity index (χ0) is 16.5. The van der Waals surface area contributed by atoms with Crippen LogP contribution in [0.4, 0.5) is 0 Å². The molecule has 1 spiro atoms. The van der Waals surface area contributed by atoms with E-state index in [4.69, 9.17) is 0 Å². The summed E-state index contributed by atoms with van der Waals surface area (Å²) in [4.78, 5) is 28.1. The first kappa shape index (κ1) is 17.1. The van der Waals surface area contributed by atoms with Gasteiger partial charge in [0, 0.05) is 37.1 Å². The van der Waals surface area contributed by atoms with Gasteiger partial charge in [-0.25, -0.2) is 0 Å². The highest BCUT2D eigenvalue weighted by molar-refractivity contribution is 8.00. The van der Waals surface area contributed by atoms with Crippen LogP contribution in [0.15, 0.2) is 0 Å². The van der Waals surface area contributed by atoms with E-state index in [-0.39, 0.29) is 23.1 Å². The quantitative estimate of drug-likeness (QED) is 0.788. The van der Waals surface area contributed by atoms with Crippen LogP contribution in [0.5, 0.6) is 0 Å². The lowest BCUT2D eigenvalue weighted by atomic mass is 9.86. The standard InChI is InChI=1S/C17H28N2O3S/c1-14(20)18-9-5-8-17(22,13-18)15(21)19-10-11-23-16(12-19)6-3-2-4-7-16/h22H,2-13H2,1H3/t17-/m1/s1. The Hall–Kier alpha value is -0.750. The van der Waals surface area contributed by atoms with Gasteiger partial charge in [0.2, 0.25) is 5.91 Å². The fraction of sp³-hybridized carbons (Fsp3) is 0.882. The topological polar surface area (TPSA) is 60.9 Å². The van der Waals surface area contributed by atoms with Gasteiger partial charge < -0.3 is 14.9 Å². The van der Waals surface area contributed by atoms with Gasteiger partial charge in [0.1, 0.15) is 0 Å². The van der Waals surface area contributed by atoms with Crippen LogP contribution in [-0.4, -0.2) is 69.0 Å². The molecule has 0 unspecified atom stereocenters. The molecule has 0 aromatic heterocycles. The summed E-state index contributed by atoms with van der Waals surface area (Å²) in [5.41, 5.74) is -1.39. The number of β-amino-alcohol motifs (C(OH)–C–C–N with tert-alkyl or cyclic N) is 1. The summed E-state index contributed by atoms with van der Waals surface area (Å²) in [6.45, 7) is 3.78. The molecule has 0 aromatic carbocycles. The number of likely N-dealkylation sites (tertiary alicyclic amines) is 1. The molecule has 1 atom stereocenters. The van der Waals surface area contributed by atoms with Crippen molar-refractivity contribution in [2.75, 3.05) is 31.9 Å². The molecule has 0 aromatic rings. The molecule has 2 amide bonds. The van der Waals surface area contributed by atoms with Crippen molar-refractivity contribution < 1.29 is 14.7 Å². The summed E-state index contributed by atoms with van der Waals surface area (Å²) in [6, 6.07) is 0. The van der Waals surface area contributed by atoms with Gasteiger partial charge >= 0.3 is 0 Å². The van der Waals surface area contributed by atoms with Crippen LogP contribution in [-0.2, 0) is 9.59 Å². The average molecular weight is 340 g/mol. The predicted octanol–water partition coefficient (Wildman–Crippen LogP) is 1.64. The largest absolute Gasteiger partial charge is 0.378 e. The lowest BCUT2D eigenvalue weighted by Crippen LogP contribution is -2.61. The molecule has 1 saturated carbocycles. The van der Waals surface area contributed by atoms with E-state index in [0.29, 0.717) is 25.9 Å². The fourth-order valence-electron chi connectivity index (χ4n) is 4.29. The second-order valence-electron chi connectivity index (χ2n) is 7.39. The number of thioether (sulfide) groups is 1. The number of hydrogen-bond acceptors (Lipinski definition) is 4. The van der Waals surface area contributed by atoms with Crippen molar-refractivity contribution in [2.45, 2.75) is 62.2 Å². The van der Waals surface area contributed by atoms with Gasteiger partial charge in [0.05, 0.1) is 6.54 Å². The molecule has 2 saturated heterocycles. The first-order valence-electron chi connectivity index (χ1n) is 8.85. The lowest BCUT2D eigenvalue weighted by molar-refractivity contribution is -0.160. The third kappa shape index (κ3) is 3.53. The Morgan fingerprint density at radius 1 is 0.957 bits per heavy atom. The van der Waals surface area contributed by atoms with Crippen LogP contribution in [0, 0.1) is 0 Å². The number of aliphatic hydroxyl groups is 1. The van der Waals surface area contributed by atoms with Gasteiger partial charge in [-0.3, -0.25) is 9.59 Å². The molecule has 2 aliphatic heterocycles. The van der Waals surface area contributed by atoms with Crippen LogP contribution in [0.25, 0.3) is 0 Å². The van der Waals surface area contributed by atoms with Crippen molar-refractivity contribution in [3.8, 4) is 0 Å². The van der Waals surface area contributed by atoms with Crippen LogP contribution in [0.2, 0.25) is 0 Å². The third-order valence-corrected chi connectivity index (χ3v) is 7.15. The summed E-state index contributed by atoms with van der Waals surface area (Å²) >= 11 is 2.02. The Labute approximate surface area is 142 Å². The van der Waals surface area contributed by atoms with E-state index in [1.165, 1.54) is 39.0 Å². The Morgan fingerprint density at radius 3 is 2.39 bits per heavy atom. The Balaban J connectivity index is 1.70. The van der Waals surface area contributed by atoms with E-state index in [1.54, 1.807) is 4.90 Å². The normalized spacial score (nSPS) is 31.2.